The Morgan fingerprint density at radius 2 is 1.85 bits per heavy atom. The van der Waals surface area contributed by atoms with Gasteiger partial charge in [-0.25, -0.2) is 4.39 Å². The number of halogens is 1. The van der Waals surface area contributed by atoms with Crippen LogP contribution in [0.15, 0.2) is 54.6 Å². The highest BCUT2D eigenvalue weighted by Gasteiger charge is 2.19. The zero-order chi connectivity index (χ0) is 19.2. The number of amides is 1. The molecule has 1 saturated heterocycles. The van der Waals surface area contributed by atoms with Crippen molar-refractivity contribution >= 4 is 17.7 Å². The van der Waals surface area contributed by atoms with Gasteiger partial charge in [-0.1, -0.05) is 24.3 Å². The van der Waals surface area contributed by atoms with Crippen molar-refractivity contribution in [2.24, 2.45) is 0 Å². The molecule has 7 heteroatoms. The third-order valence-corrected chi connectivity index (χ3v) is 4.48. The van der Waals surface area contributed by atoms with Crippen LogP contribution in [0.1, 0.15) is 11.1 Å². The van der Waals surface area contributed by atoms with Crippen molar-refractivity contribution in [1.29, 1.82) is 0 Å². The van der Waals surface area contributed by atoms with Crippen molar-refractivity contribution < 1.29 is 14.1 Å². The highest BCUT2D eigenvalue weighted by Crippen LogP contribution is 2.15. The zero-order valence-corrected chi connectivity index (χ0v) is 14.8. The fraction of sp³-hybridized carbons (Fsp3) is 0.250. The van der Waals surface area contributed by atoms with Gasteiger partial charge < -0.3 is 4.90 Å². The van der Waals surface area contributed by atoms with Crippen LogP contribution in [0.3, 0.4) is 0 Å². The van der Waals surface area contributed by atoms with Crippen LogP contribution in [0.2, 0.25) is 0 Å². The molecule has 0 unspecified atom stereocenters. The maximum atomic E-state index is 13.3. The lowest BCUT2D eigenvalue weighted by Crippen LogP contribution is -2.47. The largest absolute Gasteiger partial charge is 0.337 e. The van der Waals surface area contributed by atoms with E-state index in [4.69, 9.17) is 0 Å². The minimum absolute atomic E-state index is 0.00411. The molecule has 140 valence electrons. The number of rotatable bonds is 5. The number of non-ortho nitro benzene ring substituents is 1. The van der Waals surface area contributed by atoms with E-state index < -0.39 is 4.92 Å². The van der Waals surface area contributed by atoms with E-state index in [0.29, 0.717) is 38.3 Å². The molecule has 0 radical (unpaired) electrons. The van der Waals surface area contributed by atoms with Gasteiger partial charge in [0, 0.05) is 50.9 Å². The van der Waals surface area contributed by atoms with Crippen molar-refractivity contribution in [3.63, 3.8) is 0 Å². The van der Waals surface area contributed by atoms with E-state index in [-0.39, 0.29) is 17.4 Å². The number of hydrogen-bond donors (Lipinski definition) is 0. The molecule has 3 rings (SSSR count). The molecule has 6 nitrogen and oxygen atoms in total. The van der Waals surface area contributed by atoms with Gasteiger partial charge in [-0.15, -0.1) is 0 Å². The van der Waals surface area contributed by atoms with Gasteiger partial charge in [-0.2, -0.15) is 0 Å². The fourth-order valence-corrected chi connectivity index (χ4v) is 3.03. The molecule has 1 aliphatic rings. The third-order valence-electron chi connectivity index (χ3n) is 4.48. The molecule has 0 aromatic heterocycles. The maximum Gasteiger partial charge on any atom is 0.270 e. The van der Waals surface area contributed by atoms with E-state index in [2.05, 4.69) is 4.90 Å². The van der Waals surface area contributed by atoms with Crippen molar-refractivity contribution in [3.8, 4) is 0 Å². The van der Waals surface area contributed by atoms with Gasteiger partial charge in [-0.05, 0) is 29.3 Å². The first-order valence-electron chi connectivity index (χ1n) is 8.69. The zero-order valence-electron chi connectivity index (χ0n) is 14.8. The Morgan fingerprint density at radius 1 is 1.11 bits per heavy atom. The third kappa shape index (κ3) is 5.21. The standard InChI is InChI=1S/C20H20FN3O3/c21-18-5-1-4-17(13-18)15-22-9-11-23(12-10-22)20(25)8-7-16-3-2-6-19(14-16)24(26)27/h1-8,13-14H,9-12,15H2/b8-7+. The van der Waals surface area contributed by atoms with Gasteiger partial charge in [0.15, 0.2) is 0 Å². The molecule has 0 bridgehead atoms. The summed E-state index contributed by atoms with van der Waals surface area (Å²) >= 11 is 0. The number of nitrogens with zero attached hydrogens (tertiary/aromatic N) is 3. The van der Waals surface area contributed by atoms with Gasteiger partial charge >= 0.3 is 0 Å². The fourth-order valence-electron chi connectivity index (χ4n) is 3.03. The number of nitro benzene ring substituents is 1. The Bertz CT molecular complexity index is 861. The van der Waals surface area contributed by atoms with Crippen LogP contribution in [0, 0.1) is 15.9 Å². The van der Waals surface area contributed by atoms with Crippen molar-refractivity contribution in [2.75, 3.05) is 26.2 Å². The van der Waals surface area contributed by atoms with E-state index in [1.807, 2.05) is 6.07 Å². The smallest absolute Gasteiger partial charge is 0.270 e. The SMILES string of the molecule is O=C(/C=C/c1cccc([N+](=O)[O-])c1)N1CCN(Cc2cccc(F)c2)CC1. The molecule has 1 aliphatic heterocycles. The summed E-state index contributed by atoms with van der Waals surface area (Å²) in [5.41, 5.74) is 1.53. The molecule has 27 heavy (non-hydrogen) atoms. The lowest BCUT2D eigenvalue weighted by atomic mass is 10.1. The molecule has 1 amide bonds. The summed E-state index contributed by atoms with van der Waals surface area (Å²) in [6.45, 7) is 3.27. The lowest BCUT2D eigenvalue weighted by molar-refractivity contribution is -0.384. The van der Waals surface area contributed by atoms with Crippen LogP contribution in [0.5, 0.6) is 0 Å². The van der Waals surface area contributed by atoms with E-state index in [9.17, 15) is 19.3 Å². The summed E-state index contributed by atoms with van der Waals surface area (Å²) in [6, 6.07) is 12.7. The van der Waals surface area contributed by atoms with Crippen LogP contribution in [-0.4, -0.2) is 46.8 Å². The van der Waals surface area contributed by atoms with E-state index in [1.54, 1.807) is 29.2 Å². The Labute approximate surface area is 156 Å². The molecular formula is C20H20FN3O3. The van der Waals surface area contributed by atoms with Crippen molar-refractivity contribution in [3.05, 3.63) is 81.7 Å². The summed E-state index contributed by atoms with van der Waals surface area (Å²) in [7, 11) is 0. The molecular weight excluding hydrogens is 349 g/mol. The molecule has 0 spiro atoms. The first-order chi connectivity index (χ1) is 13.0. The van der Waals surface area contributed by atoms with Crippen LogP contribution >= 0.6 is 0 Å². The van der Waals surface area contributed by atoms with Gasteiger partial charge in [0.05, 0.1) is 4.92 Å². The van der Waals surface area contributed by atoms with Gasteiger partial charge in [0.25, 0.3) is 5.69 Å². The van der Waals surface area contributed by atoms with Crippen molar-refractivity contribution in [2.45, 2.75) is 6.54 Å². The number of carbonyl (C=O) groups is 1. The highest BCUT2D eigenvalue weighted by molar-refractivity contribution is 5.91. The van der Waals surface area contributed by atoms with Crippen LogP contribution in [0.25, 0.3) is 6.08 Å². The predicted molar refractivity (Wildman–Crippen MR) is 100 cm³/mol. The number of carbonyl (C=O) groups excluding carboxylic acids is 1. The maximum absolute atomic E-state index is 13.3. The first-order valence-corrected chi connectivity index (χ1v) is 8.69. The van der Waals surface area contributed by atoms with E-state index >= 15 is 0 Å². The monoisotopic (exact) mass is 369 g/mol. The Hall–Kier alpha value is -3.06. The molecule has 2 aromatic rings. The quantitative estimate of drug-likeness (QED) is 0.461. The Balaban J connectivity index is 1.52. The molecule has 0 atom stereocenters. The molecule has 2 aromatic carbocycles. The molecule has 0 saturated carbocycles. The second-order valence-corrected chi connectivity index (χ2v) is 6.42. The van der Waals surface area contributed by atoms with Crippen molar-refractivity contribution in [1.82, 2.24) is 9.80 Å². The molecule has 0 N–H and O–H groups in total. The average molecular weight is 369 g/mol. The molecule has 1 fully saturated rings. The average Bonchev–Trinajstić information content (AvgIpc) is 2.67. The van der Waals surface area contributed by atoms with Crippen LogP contribution in [-0.2, 0) is 11.3 Å². The normalized spacial score (nSPS) is 15.2. The number of nitro groups is 1. The summed E-state index contributed by atoms with van der Waals surface area (Å²) < 4.78 is 13.3. The number of benzene rings is 2. The van der Waals surface area contributed by atoms with E-state index in [0.717, 1.165) is 5.56 Å². The Morgan fingerprint density at radius 3 is 2.56 bits per heavy atom. The Kier molecular flexibility index (Phi) is 5.93. The van der Waals surface area contributed by atoms with Gasteiger partial charge in [-0.3, -0.25) is 19.8 Å². The highest BCUT2D eigenvalue weighted by atomic mass is 19.1. The van der Waals surface area contributed by atoms with Crippen LogP contribution < -0.4 is 0 Å². The summed E-state index contributed by atoms with van der Waals surface area (Å²) in [5.74, 6) is -0.362. The van der Waals surface area contributed by atoms with Crippen LogP contribution in [0.4, 0.5) is 10.1 Å². The first kappa shape index (κ1) is 18.7. The second kappa shape index (κ2) is 8.55. The second-order valence-electron chi connectivity index (χ2n) is 6.42. The predicted octanol–water partition coefficient (Wildman–Crippen LogP) is 3.09. The number of hydrogen-bond acceptors (Lipinski definition) is 4. The topological polar surface area (TPSA) is 66.7 Å². The lowest BCUT2D eigenvalue weighted by Gasteiger charge is -2.34. The minimum Gasteiger partial charge on any atom is -0.337 e. The molecule has 1 heterocycles. The number of piperazine rings is 1. The van der Waals surface area contributed by atoms with Gasteiger partial charge in [0.2, 0.25) is 5.91 Å². The summed E-state index contributed by atoms with van der Waals surface area (Å²) in [4.78, 5) is 26.6. The molecule has 0 aliphatic carbocycles. The summed E-state index contributed by atoms with van der Waals surface area (Å²) in [6.07, 6.45) is 3.04. The van der Waals surface area contributed by atoms with E-state index in [1.165, 1.54) is 30.3 Å². The summed E-state index contributed by atoms with van der Waals surface area (Å²) in [5, 5.41) is 10.8. The minimum atomic E-state index is -0.461. The van der Waals surface area contributed by atoms with Gasteiger partial charge in [0.1, 0.15) is 5.82 Å².